The van der Waals surface area contributed by atoms with E-state index in [4.69, 9.17) is 8.92 Å². The van der Waals surface area contributed by atoms with Gasteiger partial charge >= 0.3 is 6.09 Å². The van der Waals surface area contributed by atoms with E-state index in [9.17, 15) is 13.2 Å². The number of piperidine rings is 1. The molecule has 0 spiro atoms. The minimum Gasteiger partial charge on any atom is -0.445 e. The summed E-state index contributed by atoms with van der Waals surface area (Å²) in [7, 11) is -3.45. The maximum Gasteiger partial charge on any atom is 0.410 e. The first-order valence-electron chi connectivity index (χ1n) is 7.69. The van der Waals surface area contributed by atoms with Crippen molar-refractivity contribution in [2.75, 3.05) is 19.3 Å². The summed E-state index contributed by atoms with van der Waals surface area (Å²) in [5, 5.41) is 0. The van der Waals surface area contributed by atoms with Crippen molar-refractivity contribution < 1.29 is 22.1 Å². The first kappa shape index (κ1) is 17.7. The van der Waals surface area contributed by atoms with Crippen molar-refractivity contribution >= 4 is 16.2 Å². The number of hydrogen-bond donors (Lipinski definition) is 0. The minimum absolute atomic E-state index is 0.128. The molecule has 1 amide bonds. The molecule has 0 bridgehead atoms. The van der Waals surface area contributed by atoms with Crippen molar-refractivity contribution in [3.63, 3.8) is 0 Å². The zero-order chi connectivity index (χ0) is 16.9. The summed E-state index contributed by atoms with van der Waals surface area (Å²) in [6, 6.07) is 9.53. The third-order valence-electron chi connectivity index (χ3n) is 3.99. The zero-order valence-corrected chi connectivity index (χ0v) is 14.3. The predicted molar refractivity (Wildman–Crippen MR) is 86.3 cm³/mol. The SMILES string of the molecule is CC(OS(C)(=O)=O)C1CCN(C(=O)OCc2ccccc2)CC1. The topological polar surface area (TPSA) is 72.9 Å². The molecule has 1 aliphatic heterocycles. The fourth-order valence-electron chi connectivity index (χ4n) is 2.72. The third-order valence-corrected chi connectivity index (χ3v) is 4.65. The van der Waals surface area contributed by atoms with Crippen LogP contribution in [0.4, 0.5) is 4.79 Å². The first-order valence-corrected chi connectivity index (χ1v) is 9.50. The van der Waals surface area contributed by atoms with Crippen molar-refractivity contribution in [2.24, 2.45) is 5.92 Å². The lowest BCUT2D eigenvalue weighted by Crippen LogP contribution is -2.41. The molecule has 0 saturated carbocycles. The number of benzene rings is 1. The van der Waals surface area contributed by atoms with E-state index in [0.717, 1.165) is 11.8 Å². The Bertz CT molecular complexity index is 609. The van der Waals surface area contributed by atoms with Crippen LogP contribution in [0.15, 0.2) is 30.3 Å². The molecule has 1 heterocycles. The highest BCUT2D eigenvalue weighted by molar-refractivity contribution is 7.86. The van der Waals surface area contributed by atoms with E-state index in [1.165, 1.54) is 0 Å². The summed E-state index contributed by atoms with van der Waals surface area (Å²) in [6.45, 7) is 3.12. The Kier molecular flexibility index (Phi) is 6.01. The number of rotatable bonds is 5. The first-order chi connectivity index (χ1) is 10.8. The molecule has 6 nitrogen and oxygen atoms in total. The van der Waals surface area contributed by atoms with Crippen molar-refractivity contribution in [1.29, 1.82) is 0 Å². The maximum absolute atomic E-state index is 12.1. The molecule has 0 N–H and O–H groups in total. The molecular formula is C16H23NO5S. The lowest BCUT2D eigenvalue weighted by molar-refractivity contribution is 0.0623. The molecule has 1 fully saturated rings. The largest absolute Gasteiger partial charge is 0.445 e. The van der Waals surface area contributed by atoms with Gasteiger partial charge in [-0.3, -0.25) is 4.18 Å². The molecule has 0 radical (unpaired) electrons. The smallest absolute Gasteiger partial charge is 0.410 e. The molecule has 2 rings (SSSR count). The molecule has 0 aromatic heterocycles. The second-order valence-corrected chi connectivity index (χ2v) is 7.47. The fourth-order valence-corrected chi connectivity index (χ4v) is 3.42. The van der Waals surface area contributed by atoms with Gasteiger partial charge in [-0.25, -0.2) is 4.79 Å². The summed E-state index contributed by atoms with van der Waals surface area (Å²) < 4.78 is 32.7. The van der Waals surface area contributed by atoms with Gasteiger partial charge in [-0.15, -0.1) is 0 Å². The minimum atomic E-state index is -3.45. The second kappa shape index (κ2) is 7.79. The van der Waals surface area contributed by atoms with Crippen LogP contribution in [0.25, 0.3) is 0 Å². The highest BCUT2D eigenvalue weighted by Crippen LogP contribution is 2.24. The van der Waals surface area contributed by atoms with E-state index in [0.29, 0.717) is 25.9 Å². The second-order valence-electron chi connectivity index (χ2n) is 5.87. The Balaban J connectivity index is 1.76. The number of carbonyl (C=O) groups is 1. The molecule has 0 aliphatic carbocycles. The molecule has 1 saturated heterocycles. The fraction of sp³-hybridized carbons (Fsp3) is 0.562. The van der Waals surface area contributed by atoms with Crippen molar-refractivity contribution in [1.82, 2.24) is 4.90 Å². The van der Waals surface area contributed by atoms with E-state index in [2.05, 4.69) is 0 Å². The number of ether oxygens (including phenoxy) is 1. The standard InChI is InChI=1S/C16H23NO5S/c1-13(22-23(2,19)20)15-8-10-17(11-9-15)16(18)21-12-14-6-4-3-5-7-14/h3-7,13,15H,8-12H2,1-2H3. The molecule has 1 aliphatic rings. The molecule has 23 heavy (non-hydrogen) atoms. The number of nitrogens with zero attached hydrogens (tertiary/aromatic N) is 1. The van der Waals surface area contributed by atoms with Gasteiger partial charge in [0, 0.05) is 13.1 Å². The van der Waals surface area contributed by atoms with E-state index in [1.807, 2.05) is 30.3 Å². The van der Waals surface area contributed by atoms with Crippen molar-refractivity contribution in [2.45, 2.75) is 32.5 Å². The lowest BCUT2D eigenvalue weighted by Gasteiger charge is -2.33. The van der Waals surface area contributed by atoms with Crippen LogP contribution in [0, 0.1) is 5.92 Å². The quantitative estimate of drug-likeness (QED) is 0.769. The predicted octanol–water partition coefficient (Wildman–Crippen LogP) is 2.40. The van der Waals surface area contributed by atoms with Crippen LogP contribution >= 0.6 is 0 Å². The molecule has 7 heteroatoms. The highest BCUT2D eigenvalue weighted by Gasteiger charge is 2.29. The average molecular weight is 341 g/mol. The van der Waals surface area contributed by atoms with E-state index in [-0.39, 0.29) is 24.7 Å². The number of hydrogen-bond acceptors (Lipinski definition) is 5. The normalized spacial score (nSPS) is 17.7. The van der Waals surface area contributed by atoms with E-state index in [1.54, 1.807) is 11.8 Å². The van der Waals surface area contributed by atoms with Crippen LogP contribution in [0.3, 0.4) is 0 Å². The summed E-state index contributed by atoms with van der Waals surface area (Å²) in [4.78, 5) is 13.7. The van der Waals surface area contributed by atoms with Crippen LogP contribution in [0.2, 0.25) is 0 Å². The molecule has 128 valence electrons. The van der Waals surface area contributed by atoms with Gasteiger partial charge in [0.05, 0.1) is 12.4 Å². The van der Waals surface area contributed by atoms with Gasteiger partial charge in [0.25, 0.3) is 10.1 Å². The van der Waals surface area contributed by atoms with E-state index >= 15 is 0 Å². The van der Waals surface area contributed by atoms with Crippen molar-refractivity contribution in [3.05, 3.63) is 35.9 Å². The molecule has 1 atom stereocenters. The highest BCUT2D eigenvalue weighted by atomic mass is 32.2. The van der Waals surface area contributed by atoms with Crippen LogP contribution in [-0.4, -0.2) is 44.9 Å². The third kappa shape index (κ3) is 5.84. The van der Waals surface area contributed by atoms with Crippen LogP contribution < -0.4 is 0 Å². The number of amides is 1. The van der Waals surface area contributed by atoms with Crippen LogP contribution in [0.5, 0.6) is 0 Å². The van der Waals surface area contributed by atoms with Gasteiger partial charge in [0.2, 0.25) is 0 Å². The Morgan fingerprint density at radius 1 is 1.26 bits per heavy atom. The number of likely N-dealkylation sites (tertiary alicyclic amines) is 1. The monoisotopic (exact) mass is 341 g/mol. The van der Waals surface area contributed by atoms with Gasteiger partial charge in [-0.05, 0) is 31.2 Å². The number of carbonyl (C=O) groups excluding carboxylic acids is 1. The Morgan fingerprint density at radius 3 is 2.43 bits per heavy atom. The Morgan fingerprint density at radius 2 is 1.87 bits per heavy atom. The van der Waals surface area contributed by atoms with Crippen molar-refractivity contribution in [3.8, 4) is 0 Å². The molecular weight excluding hydrogens is 318 g/mol. The Labute approximate surface area is 137 Å². The summed E-state index contributed by atoms with van der Waals surface area (Å²) in [6.07, 6.45) is 1.77. The molecule has 1 unspecified atom stereocenters. The summed E-state index contributed by atoms with van der Waals surface area (Å²) in [5.74, 6) is 0.128. The lowest BCUT2D eigenvalue weighted by atomic mass is 9.92. The summed E-state index contributed by atoms with van der Waals surface area (Å²) in [5.41, 5.74) is 0.950. The van der Waals surface area contributed by atoms with Gasteiger partial charge in [0.15, 0.2) is 0 Å². The van der Waals surface area contributed by atoms with Crippen LogP contribution in [0.1, 0.15) is 25.3 Å². The van der Waals surface area contributed by atoms with Crippen LogP contribution in [-0.2, 0) is 25.6 Å². The van der Waals surface area contributed by atoms with Gasteiger partial charge in [-0.2, -0.15) is 8.42 Å². The van der Waals surface area contributed by atoms with Gasteiger partial charge in [-0.1, -0.05) is 30.3 Å². The zero-order valence-electron chi connectivity index (χ0n) is 13.5. The average Bonchev–Trinajstić information content (AvgIpc) is 2.52. The summed E-state index contributed by atoms with van der Waals surface area (Å²) >= 11 is 0. The molecule has 1 aromatic rings. The Hall–Kier alpha value is -1.60. The maximum atomic E-state index is 12.1. The van der Waals surface area contributed by atoms with E-state index < -0.39 is 10.1 Å². The van der Waals surface area contributed by atoms with Gasteiger partial charge < -0.3 is 9.64 Å². The van der Waals surface area contributed by atoms with Gasteiger partial charge in [0.1, 0.15) is 6.61 Å². The molecule has 1 aromatic carbocycles.